The predicted octanol–water partition coefficient (Wildman–Crippen LogP) is 4.45. The summed E-state index contributed by atoms with van der Waals surface area (Å²) in [4.78, 5) is 12.1. The van der Waals surface area contributed by atoms with E-state index in [1.54, 1.807) is 38.5 Å². The lowest BCUT2D eigenvalue weighted by Gasteiger charge is -2.09. The standard InChI is InChI=1S/C19H15BrO4/c1-22-16-8-5-13(10-18(16)23-2)17-11-14(19(21)24-17)9-12-3-6-15(20)7-4-12/h3-11H,1-2H3/b14-9+. The number of benzene rings is 2. The van der Waals surface area contributed by atoms with Crippen molar-refractivity contribution in [2.75, 3.05) is 14.2 Å². The molecule has 2 aromatic rings. The summed E-state index contributed by atoms with van der Waals surface area (Å²) in [5, 5.41) is 0. The third-order valence-electron chi connectivity index (χ3n) is 3.59. The normalized spacial score (nSPS) is 15.2. The van der Waals surface area contributed by atoms with Crippen molar-refractivity contribution in [3.8, 4) is 11.5 Å². The molecule has 1 aliphatic rings. The molecule has 0 aromatic heterocycles. The second kappa shape index (κ2) is 6.93. The van der Waals surface area contributed by atoms with E-state index in [0.29, 0.717) is 22.8 Å². The molecule has 24 heavy (non-hydrogen) atoms. The molecule has 2 aromatic carbocycles. The van der Waals surface area contributed by atoms with Gasteiger partial charge in [0.05, 0.1) is 19.8 Å². The predicted molar refractivity (Wildman–Crippen MR) is 95.7 cm³/mol. The first kappa shape index (κ1) is 16.3. The molecule has 122 valence electrons. The van der Waals surface area contributed by atoms with Gasteiger partial charge in [0.2, 0.25) is 0 Å². The van der Waals surface area contributed by atoms with E-state index in [-0.39, 0.29) is 5.97 Å². The highest BCUT2D eigenvalue weighted by atomic mass is 79.9. The van der Waals surface area contributed by atoms with Gasteiger partial charge in [-0.1, -0.05) is 28.1 Å². The third kappa shape index (κ3) is 3.36. The third-order valence-corrected chi connectivity index (χ3v) is 4.11. The fourth-order valence-electron chi connectivity index (χ4n) is 2.36. The Bertz CT molecular complexity index is 835. The molecule has 0 saturated heterocycles. The van der Waals surface area contributed by atoms with Crippen LogP contribution in [0.3, 0.4) is 0 Å². The van der Waals surface area contributed by atoms with E-state index in [2.05, 4.69) is 15.9 Å². The van der Waals surface area contributed by atoms with Gasteiger partial charge in [-0.2, -0.15) is 0 Å². The number of carbonyl (C=O) groups excluding carboxylic acids is 1. The van der Waals surface area contributed by atoms with Gasteiger partial charge in [-0.25, -0.2) is 4.79 Å². The Labute approximate surface area is 148 Å². The lowest BCUT2D eigenvalue weighted by atomic mass is 10.1. The second-order valence-electron chi connectivity index (χ2n) is 5.12. The average molecular weight is 387 g/mol. The van der Waals surface area contributed by atoms with E-state index < -0.39 is 0 Å². The van der Waals surface area contributed by atoms with Gasteiger partial charge in [0.1, 0.15) is 5.76 Å². The molecular weight excluding hydrogens is 372 g/mol. The molecule has 0 aliphatic carbocycles. The van der Waals surface area contributed by atoms with Crippen LogP contribution in [0.25, 0.3) is 11.8 Å². The average Bonchev–Trinajstić information content (AvgIpc) is 2.97. The number of carbonyl (C=O) groups is 1. The zero-order chi connectivity index (χ0) is 17.1. The van der Waals surface area contributed by atoms with Gasteiger partial charge in [0.25, 0.3) is 0 Å². The lowest BCUT2D eigenvalue weighted by Crippen LogP contribution is -1.97. The summed E-state index contributed by atoms with van der Waals surface area (Å²) in [5.41, 5.74) is 2.18. The number of halogens is 1. The Kier molecular flexibility index (Phi) is 4.71. The maximum absolute atomic E-state index is 12.1. The van der Waals surface area contributed by atoms with Gasteiger partial charge in [0, 0.05) is 10.0 Å². The van der Waals surface area contributed by atoms with Crippen LogP contribution < -0.4 is 9.47 Å². The zero-order valence-electron chi connectivity index (χ0n) is 13.2. The quantitative estimate of drug-likeness (QED) is 0.575. The SMILES string of the molecule is COc1ccc(C2=C/C(=C\c3ccc(Br)cc3)C(=O)O2)cc1OC. The van der Waals surface area contributed by atoms with Crippen molar-refractivity contribution in [2.45, 2.75) is 0 Å². The summed E-state index contributed by atoms with van der Waals surface area (Å²) >= 11 is 3.39. The number of methoxy groups -OCH3 is 2. The maximum atomic E-state index is 12.1. The van der Waals surface area contributed by atoms with E-state index in [1.807, 2.05) is 30.3 Å². The molecule has 0 N–H and O–H groups in total. The molecule has 1 heterocycles. The van der Waals surface area contributed by atoms with E-state index in [9.17, 15) is 4.79 Å². The molecule has 1 aliphatic heterocycles. The molecule has 0 spiro atoms. The van der Waals surface area contributed by atoms with Crippen LogP contribution in [0.15, 0.2) is 58.6 Å². The first-order valence-corrected chi connectivity index (χ1v) is 8.03. The molecule has 4 nitrogen and oxygen atoms in total. The fraction of sp³-hybridized carbons (Fsp3) is 0.105. The maximum Gasteiger partial charge on any atom is 0.343 e. The minimum Gasteiger partial charge on any atom is -0.493 e. The van der Waals surface area contributed by atoms with Gasteiger partial charge in [0.15, 0.2) is 11.5 Å². The highest BCUT2D eigenvalue weighted by Crippen LogP contribution is 2.34. The summed E-state index contributed by atoms with van der Waals surface area (Å²) < 4.78 is 16.9. The number of hydrogen-bond acceptors (Lipinski definition) is 4. The van der Waals surface area contributed by atoms with Crippen molar-refractivity contribution in [3.05, 3.63) is 69.7 Å². The Morgan fingerprint density at radius 3 is 2.38 bits per heavy atom. The molecule has 0 amide bonds. The van der Waals surface area contributed by atoms with Gasteiger partial charge < -0.3 is 14.2 Å². The van der Waals surface area contributed by atoms with Crippen LogP contribution in [0.1, 0.15) is 11.1 Å². The molecule has 0 unspecified atom stereocenters. The van der Waals surface area contributed by atoms with Crippen LogP contribution in [0.2, 0.25) is 0 Å². The lowest BCUT2D eigenvalue weighted by molar-refractivity contribution is -0.130. The van der Waals surface area contributed by atoms with Crippen LogP contribution in [0, 0.1) is 0 Å². The molecule has 5 heteroatoms. The van der Waals surface area contributed by atoms with Gasteiger partial charge in [-0.15, -0.1) is 0 Å². The molecule has 0 bridgehead atoms. The number of esters is 1. The van der Waals surface area contributed by atoms with Crippen molar-refractivity contribution in [2.24, 2.45) is 0 Å². The summed E-state index contributed by atoms with van der Waals surface area (Å²) in [7, 11) is 3.14. The molecule has 0 atom stereocenters. The number of hydrogen-bond donors (Lipinski definition) is 0. The summed E-state index contributed by atoms with van der Waals surface area (Å²) in [6.45, 7) is 0. The number of rotatable bonds is 4. The molecule has 0 radical (unpaired) electrons. The van der Waals surface area contributed by atoms with Crippen molar-refractivity contribution in [1.29, 1.82) is 0 Å². The first-order chi connectivity index (χ1) is 11.6. The Morgan fingerprint density at radius 2 is 1.71 bits per heavy atom. The molecular formula is C19H15BrO4. The number of ether oxygens (including phenoxy) is 3. The van der Waals surface area contributed by atoms with E-state index in [1.165, 1.54) is 0 Å². The van der Waals surface area contributed by atoms with Crippen molar-refractivity contribution in [3.63, 3.8) is 0 Å². The second-order valence-corrected chi connectivity index (χ2v) is 6.03. The van der Waals surface area contributed by atoms with Crippen LogP contribution in [0.5, 0.6) is 11.5 Å². The van der Waals surface area contributed by atoms with Crippen molar-refractivity contribution in [1.82, 2.24) is 0 Å². The largest absolute Gasteiger partial charge is 0.493 e. The molecule has 0 saturated carbocycles. The highest BCUT2D eigenvalue weighted by Gasteiger charge is 2.22. The van der Waals surface area contributed by atoms with Crippen LogP contribution in [0.4, 0.5) is 0 Å². The van der Waals surface area contributed by atoms with E-state index in [0.717, 1.165) is 15.6 Å². The minimum absolute atomic E-state index is 0.372. The first-order valence-electron chi connectivity index (χ1n) is 7.24. The van der Waals surface area contributed by atoms with Gasteiger partial charge in [-0.05, 0) is 48.0 Å². The van der Waals surface area contributed by atoms with Crippen molar-refractivity contribution < 1.29 is 19.0 Å². The molecule has 3 rings (SSSR count). The van der Waals surface area contributed by atoms with Crippen LogP contribution in [-0.2, 0) is 9.53 Å². The van der Waals surface area contributed by atoms with Crippen LogP contribution in [-0.4, -0.2) is 20.2 Å². The topological polar surface area (TPSA) is 44.8 Å². The highest BCUT2D eigenvalue weighted by molar-refractivity contribution is 9.10. The Balaban J connectivity index is 1.93. The zero-order valence-corrected chi connectivity index (χ0v) is 14.8. The summed E-state index contributed by atoms with van der Waals surface area (Å²) in [5.74, 6) is 1.32. The smallest absolute Gasteiger partial charge is 0.343 e. The Hall–Kier alpha value is -2.53. The summed E-state index contributed by atoms with van der Waals surface area (Å²) in [6.07, 6.45) is 3.52. The molecule has 0 fully saturated rings. The summed E-state index contributed by atoms with van der Waals surface area (Å²) in [6, 6.07) is 13.1. The number of cyclic esters (lactones) is 1. The Morgan fingerprint density at radius 1 is 1.00 bits per heavy atom. The monoisotopic (exact) mass is 386 g/mol. The van der Waals surface area contributed by atoms with E-state index in [4.69, 9.17) is 14.2 Å². The van der Waals surface area contributed by atoms with E-state index >= 15 is 0 Å². The van der Waals surface area contributed by atoms with Gasteiger partial charge >= 0.3 is 5.97 Å². The minimum atomic E-state index is -0.372. The fourth-order valence-corrected chi connectivity index (χ4v) is 2.62. The van der Waals surface area contributed by atoms with Gasteiger partial charge in [-0.3, -0.25) is 0 Å². The van der Waals surface area contributed by atoms with Crippen molar-refractivity contribution >= 4 is 33.7 Å². The van der Waals surface area contributed by atoms with Crippen LogP contribution >= 0.6 is 15.9 Å².